The molecule has 0 aromatic carbocycles. The largest absolute Gasteiger partial charge is 0.478 e. The van der Waals surface area contributed by atoms with E-state index in [4.69, 9.17) is 5.11 Å². The molecule has 2 aliphatic rings. The molecule has 3 N–H and O–H groups in total. The molecule has 0 aromatic rings. The summed E-state index contributed by atoms with van der Waals surface area (Å²) in [5.74, 6) is -0.773. The number of hydrogen-bond acceptors (Lipinski definition) is 3. The molecule has 1 amide bonds. The fourth-order valence-electron chi connectivity index (χ4n) is 2.64. The van der Waals surface area contributed by atoms with Crippen LogP contribution in [0.3, 0.4) is 0 Å². The van der Waals surface area contributed by atoms with Crippen molar-refractivity contribution in [2.45, 2.75) is 19.3 Å². The Kier molecular flexibility index (Phi) is 3.47. The van der Waals surface area contributed by atoms with Crippen LogP contribution >= 0.6 is 0 Å². The van der Waals surface area contributed by atoms with Crippen molar-refractivity contribution in [2.24, 2.45) is 11.3 Å². The minimum absolute atomic E-state index is 0.0712. The van der Waals surface area contributed by atoms with Crippen molar-refractivity contribution < 1.29 is 14.7 Å². The molecule has 5 heteroatoms. The molecular formula is C12H18N2O3. The van der Waals surface area contributed by atoms with Crippen LogP contribution in [0.4, 0.5) is 0 Å². The highest BCUT2D eigenvalue weighted by Gasteiger charge is 2.57. The summed E-state index contributed by atoms with van der Waals surface area (Å²) in [6.07, 6.45) is 5.65. The summed E-state index contributed by atoms with van der Waals surface area (Å²) in [6.45, 7) is 2.31. The second-order valence-electron chi connectivity index (χ2n) is 4.85. The van der Waals surface area contributed by atoms with Gasteiger partial charge in [-0.2, -0.15) is 0 Å². The molecule has 17 heavy (non-hydrogen) atoms. The molecule has 94 valence electrons. The number of amides is 1. The highest BCUT2D eigenvalue weighted by molar-refractivity contribution is 5.83. The first-order valence-electron chi connectivity index (χ1n) is 6.02. The number of aliphatic carboxylic acids is 1. The van der Waals surface area contributed by atoms with Crippen molar-refractivity contribution in [3.63, 3.8) is 0 Å². The Bertz CT molecular complexity index is 346. The molecule has 0 radical (unpaired) electrons. The average Bonchev–Trinajstić information content (AvgIpc) is 2.99. The third-order valence-corrected chi connectivity index (χ3v) is 3.76. The van der Waals surface area contributed by atoms with Gasteiger partial charge in [-0.1, -0.05) is 6.08 Å². The fraction of sp³-hybridized carbons (Fsp3) is 0.667. The van der Waals surface area contributed by atoms with Gasteiger partial charge in [0.2, 0.25) is 5.91 Å². The second kappa shape index (κ2) is 4.87. The summed E-state index contributed by atoms with van der Waals surface area (Å²) < 4.78 is 0. The average molecular weight is 238 g/mol. The second-order valence-corrected chi connectivity index (χ2v) is 4.85. The van der Waals surface area contributed by atoms with Gasteiger partial charge in [0.25, 0.3) is 0 Å². The Balaban J connectivity index is 1.73. The highest BCUT2D eigenvalue weighted by Crippen LogP contribution is 2.58. The van der Waals surface area contributed by atoms with Gasteiger partial charge in [-0.3, -0.25) is 4.79 Å². The van der Waals surface area contributed by atoms with Crippen LogP contribution in [0, 0.1) is 11.3 Å². The van der Waals surface area contributed by atoms with Crippen molar-refractivity contribution in [2.75, 3.05) is 19.6 Å². The molecule has 1 spiro atoms. The van der Waals surface area contributed by atoms with Gasteiger partial charge >= 0.3 is 5.97 Å². The Morgan fingerprint density at radius 2 is 2.12 bits per heavy atom. The molecule has 5 nitrogen and oxygen atoms in total. The third kappa shape index (κ3) is 2.85. The zero-order chi connectivity index (χ0) is 12.3. The van der Waals surface area contributed by atoms with E-state index in [1.165, 1.54) is 6.08 Å². The van der Waals surface area contributed by atoms with Crippen LogP contribution < -0.4 is 10.6 Å². The number of carboxylic acid groups (broad SMARTS) is 1. The molecule has 2 rings (SSSR count). The van der Waals surface area contributed by atoms with E-state index in [2.05, 4.69) is 10.6 Å². The molecule has 1 aliphatic carbocycles. The molecule has 1 saturated heterocycles. The Labute approximate surface area is 100 Å². The normalized spacial score (nSPS) is 26.0. The summed E-state index contributed by atoms with van der Waals surface area (Å²) in [5, 5.41) is 14.5. The van der Waals surface area contributed by atoms with Crippen LogP contribution in [0.15, 0.2) is 12.2 Å². The Morgan fingerprint density at radius 3 is 2.76 bits per heavy atom. The molecule has 1 heterocycles. The zero-order valence-corrected chi connectivity index (χ0v) is 9.74. The molecule has 1 aliphatic heterocycles. The number of piperidine rings is 1. The molecule has 0 aromatic heterocycles. The summed E-state index contributed by atoms with van der Waals surface area (Å²) >= 11 is 0. The number of carboxylic acids is 1. The maximum absolute atomic E-state index is 11.8. The molecule has 1 unspecified atom stereocenters. The van der Waals surface area contributed by atoms with E-state index in [1.54, 1.807) is 0 Å². The van der Waals surface area contributed by atoms with Crippen LogP contribution in [0.5, 0.6) is 0 Å². The van der Waals surface area contributed by atoms with Gasteiger partial charge in [-0.05, 0) is 37.8 Å². The SMILES string of the molecule is O=C(O)/C=C/CNC(=O)C1CC12CCNCC2. The Morgan fingerprint density at radius 1 is 1.41 bits per heavy atom. The van der Waals surface area contributed by atoms with Gasteiger partial charge in [-0.25, -0.2) is 4.79 Å². The van der Waals surface area contributed by atoms with Crippen LogP contribution in [-0.4, -0.2) is 36.6 Å². The van der Waals surface area contributed by atoms with Gasteiger partial charge in [-0.15, -0.1) is 0 Å². The maximum Gasteiger partial charge on any atom is 0.328 e. The number of hydrogen-bond donors (Lipinski definition) is 3. The summed E-state index contributed by atoms with van der Waals surface area (Å²) in [4.78, 5) is 22.0. The van der Waals surface area contributed by atoms with E-state index in [0.717, 1.165) is 38.4 Å². The van der Waals surface area contributed by atoms with Crippen LogP contribution in [-0.2, 0) is 9.59 Å². The van der Waals surface area contributed by atoms with Crippen molar-refractivity contribution in [1.29, 1.82) is 0 Å². The van der Waals surface area contributed by atoms with Crippen LogP contribution in [0.2, 0.25) is 0 Å². The minimum Gasteiger partial charge on any atom is -0.478 e. The monoisotopic (exact) mass is 238 g/mol. The van der Waals surface area contributed by atoms with Crippen molar-refractivity contribution in [3.8, 4) is 0 Å². The lowest BCUT2D eigenvalue weighted by atomic mass is 9.92. The first-order valence-corrected chi connectivity index (χ1v) is 6.02. The van der Waals surface area contributed by atoms with E-state index >= 15 is 0 Å². The van der Waals surface area contributed by atoms with E-state index in [1.807, 2.05) is 0 Å². The lowest BCUT2D eigenvalue weighted by Crippen LogP contribution is -2.33. The van der Waals surface area contributed by atoms with Gasteiger partial charge in [0.15, 0.2) is 0 Å². The third-order valence-electron chi connectivity index (χ3n) is 3.76. The Hall–Kier alpha value is -1.36. The smallest absolute Gasteiger partial charge is 0.328 e. The zero-order valence-electron chi connectivity index (χ0n) is 9.74. The molecular weight excluding hydrogens is 220 g/mol. The molecule has 0 bridgehead atoms. The predicted octanol–water partition coefficient (Wildman–Crippen LogP) is 0.133. The van der Waals surface area contributed by atoms with E-state index in [-0.39, 0.29) is 17.2 Å². The summed E-state index contributed by atoms with van der Waals surface area (Å²) in [6, 6.07) is 0. The van der Waals surface area contributed by atoms with Crippen LogP contribution in [0.1, 0.15) is 19.3 Å². The standard InChI is InChI=1S/C12H18N2O3/c15-10(16)2-1-5-14-11(17)9-8-12(9)3-6-13-7-4-12/h1-2,9,13H,3-8H2,(H,14,17)(H,15,16)/b2-1+. The van der Waals surface area contributed by atoms with Crippen LogP contribution in [0.25, 0.3) is 0 Å². The molecule has 1 saturated carbocycles. The van der Waals surface area contributed by atoms with Crippen molar-refractivity contribution >= 4 is 11.9 Å². The molecule has 2 fully saturated rings. The van der Waals surface area contributed by atoms with E-state index < -0.39 is 5.97 Å². The maximum atomic E-state index is 11.8. The van der Waals surface area contributed by atoms with Crippen molar-refractivity contribution in [3.05, 3.63) is 12.2 Å². The van der Waals surface area contributed by atoms with Crippen molar-refractivity contribution in [1.82, 2.24) is 10.6 Å². The van der Waals surface area contributed by atoms with Gasteiger partial charge in [0.05, 0.1) is 0 Å². The first kappa shape index (κ1) is 12.1. The fourth-order valence-corrected chi connectivity index (χ4v) is 2.64. The number of rotatable bonds is 4. The predicted molar refractivity (Wildman–Crippen MR) is 62.4 cm³/mol. The van der Waals surface area contributed by atoms with E-state index in [9.17, 15) is 9.59 Å². The van der Waals surface area contributed by atoms with Gasteiger partial charge in [0.1, 0.15) is 0 Å². The topological polar surface area (TPSA) is 78.4 Å². The number of carbonyl (C=O) groups is 2. The molecule has 1 atom stereocenters. The number of nitrogens with one attached hydrogen (secondary N) is 2. The quantitative estimate of drug-likeness (QED) is 0.608. The minimum atomic E-state index is -0.986. The van der Waals surface area contributed by atoms with Gasteiger partial charge in [0, 0.05) is 18.5 Å². The number of carbonyl (C=O) groups excluding carboxylic acids is 1. The lowest BCUT2D eigenvalue weighted by Gasteiger charge is -2.23. The highest BCUT2D eigenvalue weighted by atomic mass is 16.4. The lowest BCUT2D eigenvalue weighted by molar-refractivity contribution is -0.131. The van der Waals surface area contributed by atoms with E-state index in [0.29, 0.717) is 6.54 Å². The summed E-state index contributed by atoms with van der Waals surface area (Å²) in [7, 11) is 0. The first-order chi connectivity index (χ1) is 8.14. The van der Waals surface area contributed by atoms with Gasteiger partial charge < -0.3 is 15.7 Å². The summed E-state index contributed by atoms with van der Waals surface area (Å²) in [5.41, 5.74) is 0.242.